The maximum atomic E-state index is 15.7. The maximum Gasteiger partial charge on any atom is 0.255 e. The van der Waals surface area contributed by atoms with E-state index in [1.54, 1.807) is 29.4 Å². The van der Waals surface area contributed by atoms with Gasteiger partial charge in [0.15, 0.2) is 7.14 Å². The van der Waals surface area contributed by atoms with Crippen LogP contribution < -0.4 is 10.6 Å². The Bertz CT molecular complexity index is 1440. The second-order valence-electron chi connectivity index (χ2n) is 8.77. The Balaban J connectivity index is 1.78. The molecule has 0 saturated heterocycles. The number of hydrogen-bond donors (Lipinski definition) is 0. The molecule has 37 heavy (non-hydrogen) atoms. The Morgan fingerprint density at radius 3 is 1.70 bits per heavy atom. The second-order valence-corrected chi connectivity index (χ2v) is 11.6. The van der Waals surface area contributed by atoms with Crippen LogP contribution in [-0.4, -0.2) is 15.8 Å². The molecular formula is C32H27N2O2P. The number of hydrogen-bond acceptors (Lipinski definition) is 3. The first-order valence-corrected chi connectivity index (χ1v) is 14.0. The molecule has 5 aromatic rings. The van der Waals surface area contributed by atoms with E-state index in [2.05, 4.69) is 4.98 Å². The third-order valence-electron chi connectivity index (χ3n) is 6.38. The van der Waals surface area contributed by atoms with Crippen LogP contribution in [0.3, 0.4) is 0 Å². The monoisotopic (exact) mass is 502 g/mol. The molecule has 0 radical (unpaired) electrons. The highest BCUT2D eigenvalue weighted by Crippen LogP contribution is 2.59. The van der Waals surface area contributed by atoms with Crippen molar-refractivity contribution in [3.63, 3.8) is 0 Å². The molecule has 1 amide bonds. The fourth-order valence-electron chi connectivity index (χ4n) is 4.64. The average Bonchev–Trinajstić information content (AvgIpc) is 2.99. The minimum absolute atomic E-state index is 0.189. The summed E-state index contributed by atoms with van der Waals surface area (Å²) in [6.45, 7) is 0.289. The highest BCUT2D eigenvalue weighted by Gasteiger charge is 2.43. The summed E-state index contributed by atoms with van der Waals surface area (Å²) in [4.78, 5) is 20.4. The molecule has 0 aliphatic rings. The van der Waals surface area contributed by atoms with Gasteiger partial charge in [0.1, 0.15) is 5.78 Å². The second kappa shape index (κ2) is 11.2. The van der Waals surface area contributed by atoms with E-state index in [0.29, 0.717) is 16.2 Å². The normalized spacial score (nSPS) is 12.0. The minimum atomic E-state index is -3.46. The number of pyridine rings is 1. The lowest BCUT2D eigenvalue weighted by molar-refractivity contribution is 0.0716. The van der Waals surface area contributed by atoms with E-state index >= 15 is 4.57 Å². The van der Waals surface area contributed by atoms with E-state index in [-0.39, 0.29) is 12.5 Å². The smallest absolute Gasteiger partial charge is 0.255 e. The lowest BCUT2D eigenvalue weighted by atomic mass is 10.1. The molecule has 1 heterocycles. The molecule has 0 saturated carbocycles. The van der Waals surface area contributed by atoms with Gasteiger partial charge in [-0.1, -0.05) is 115 Å². The molecule has 0 aliphatic carbocycles. The van der Waals surface area contributed by atoms with Crippen molar-refractivity contribution in [2.24, 2.45) is 0 Å². The summed E-state index contributed by atoms with van der Waals surface area (Å²) in [5.41, 5.74) is 2.21. The summed E-state index contributed by atoms with van der Waals surface area (Å²) >= 11 is 0. The number of rotatable bonds is 8. The third kappa shape index (κ3) is 5.16. The summed E-state index contributed by atoms with van der Waals surface area (Å²) in [5.74, 6) is -0.968. The molecule has 0 spiro atoms. The van der Waals surface area contributed by atoms with Gasteiger partial charge in [-0.05, 0) is 23.8 Å². The largest absolute Gasteiger partial charge is 0.320 e. The first kappa shape index (κ1) is 24.4. The Morgan fingerprint density at radius 2 is 1.19 bits per heavy atom. The lowest BCUT2D eigenvalue weighted by Gasteiger charge is -2.38. The average molecular weight is 503 g/mol. The zero-order valence-electron chi connectivity index (χ0n) is 20.3. The van der Waals surface area contributed by atoms with Gasteiger partial charge in [-0.15, -0.1) is 0 Å². The molecule has 4 aromatic carbocycles. The van der Waals surface area contributed by atoms with Crippen LogP contribution in [0.25, 0.3) is 0 Å². The number of carbonyl (C=O) groups is 1. The molecule has 1 aromatic heterocycles. The predicted molar refractivity (Wildman–Crippen MR) is 149 cm³/mol. The number of nitrogens with zero attached hydrogens (tertiary/aromatic N) is 2. The summed E-state index contributed by atoms with van der Waals surface area (Å²) in [7, 11) is -3.46. The fourth-order valence-corrected chi connectivity index (χ4v) is 7.89. The van der Waals surface area contributed by atoms with Crippen molar-refractivity contribution >= 4 is 23.7 Å². The van der Waals surface area contributed by atoms with Gasteiger partial charge in [0, 0.05) is 40.7 Å². The van der Waals surface area contributed by atoms with Crippen LogP contribution in [0, 0.1) is 0 Å². The van der Waals surface area contributed by atoms with Crippen molar-refractivity contribution in [2.75, 3.05) is 0 Å². The molecule has 182 valence electrons. The Kier molecular flexibility index (Phi) is 7.39. The first-order valence-electron chi connectivity index (χ1n) is 12.2. The van der Waals surface area contributed by atoms with Gasteiger partial charge in [-0.2, -0.15) is 0 Å². The van der Waals surface area contributed by atoms with Gasteiger partial charge in [0.2, 0.25) is 0 Å². The SMILES string of the molecule is O=C(c1ccccc1)N(Cc1ccccc1)C(c1cccnc1)P(=O)(c1ccccc1)c1ccccc1. The van der Waals surface area contributed by atoms with Crippen LogP contribution in [0.4, 0.5) is 0 Å². The Hall–Kier alpha value is -4.27. The van der Waals surface area contributed by atoms with Gasteiger partial charge in [0.05, 0.1) is 0 Å². The number of amides is 1. The Labute approximate surface area is 217 Å². The van der Waals surface area contributed by atoms with Crippen LogP contribution in [0.5, 0.6) is 0 Å². The molecule has 1 atom stereocenters. The van der Waals surface area contributed by atoms with E-state index in [9.17, 15) is 4.79 Å². The quantitative estimate of drug-likeness (QED) is 0.230. The van der Waals surface area contributed by atoms with Crippen LogP contribution in [0.2, 0.25) is 0 Å². The van der Waals surface area contributed by atoms with E-state index in [0.717, 1.165) is 11.1 Å². The van der Waals surface area contributed by atoms with Crippen molar-refractivity contribution in [2.45, 2.75) is 12.3 Å². The molecule has 0 N–H and O–H groups in total. The van der Waals surface area contributed by atoms with Gasteiger partial charge < -0.3 is 9.46 Å². The first-order chi connectivity index (χ1) is 18.2. The van der Waals surface area contributed by atoms with E-state index < -0.39 is 12.9 Å². The van der Waals surface area contributed by atoms with Crippen LogP contribution in [0.15, 0.2) is 146 Å². The molecule has 5 heteroatoms. The summed E-state index contributed by atoms with van der Waals surface area (Å²) in [5, 5.41) is 1.38. The van der Waals surface area contributed by atoms with Gasteiger partial charge >= 0.3 is 0 Å². The zero-order chi connectivity index (χ0) is 25.5. The van der Waals surface area contributed by atoms with Crippen LogP contribution in [0.1, 0.15) is 27.3 Å². The van der Waals surface area contributed by atoms with Crippen LogP contribution >= 0.6 is 7.14 Å². The van der Waals surface area contributed by atoms with Crippen molar-refractivity contribution in [1.29, 1.82) is 0 Å². The number of aromatic nitrogens is 1. The maximum absolute atomic E-state index is 15.7. The summed E-state index contributed by atoms with van der Waals surface area (Å²) in [6.07, 6.45) is 3.41. The topological polar surface area (TPSA) is 50.3 Å². The van der Waals surface area contributed by atoms with E-state index in [1.807, 2.05) is 121 Å². The summed E-state index contributed by atoms with van der Waals surface area (Å²) in [6, 6.07) is 41.7. The standard InChI is InChI=1S/C32H27N2O2P/c35-31(27-16-7-2-8-17-27)34(25-26-14-5-1-6-15-26)32(28-18-13-23-33-24-28)37(36,29-19-9-3-10-20-29)30-21-11-4-12-22-30/h1-24,32H,25H2. The number of carbonyl (C=O) groups excluding carboxylic acids is 1. The summed E-state index contributed by atoms with van der Waals surface area (Å²) < 4.78 is 15.7. The zero-order valence-corrected chi connectivity index (χ0v) is 21.2. The molecule has 0 bridgehead atoms. The van der Waals surface area contributed by atoms with Crippen molar-refractivity contribution in [3.05, 3.63) is 163 Å². The van der Waals surface area contributed by atoms with Crippen molar-refractivity contribution < 1.29 is 9.36 Å². The number of benzene rings is 4. The molecule has 5 rings (SSSR count). The molecule has 4 nitrogen and oxygen atoms in total. The van der Waals surface area contributed by atoms with Crippen molar-refractivity contribution in [1.82, 2.24) is 9.88 Å². The fraction of sp³-hybridized carbons (Fsp3) is 0.0625. The van der Waals surface area contributed by atoms with Gasteiger partial charge in [-0.3, -0.25) is 9.78 Å². The lowest BCUT2D eigenvalue weighted by Crippen LogP contribution is -2.38. The highest BCUT2D eigenvalue weighted by molar-refractivity contribution is 7.79. The predicted octanol–water partition coefficient (Wildman–Crippen LogP) is 6.44. The third-order valence-corrected chi connectivity index (χ3v) is 9.78. The van der Waals surface area contributed by atoms with Crippen LogP contribution in [-0.2, 0) is 11.1 Å². The van der Waals surface area contributed by atoms with E-state index in [4.69, 9.17) is 0 Å². The Morgan fingerprint density at radius 1 is 0.676 bits per heavy atom. The van der Waals surface area contributed by atoms with E-state index in [1.165, 1.54) is 0 Å². The molecule has 0 aliphatic heterocycles. The molecule has 0 fully saturated rings. The highest BCUT2D eigenvalue weighted by atomic mass is 31.2. The van der Waals surface area contributed by atoms with Gasteiger partial charge in [0.25, 0.3) is 5.91 Å². The molecule has 1 unspecified atom stereocenters. The van der Waals surface area contributed by atoms with Gasteiger partial charge in [-0.25, -0.2) is 0 Å². The minimum Gasteiger partial charge on any atom is -0.320 e. The van der Waals surface area contributed by atoms with Crippen molar-refractivity contribution in [3.8, 4) is 0 Å². The molecular weight excluding hydrogens is 475 g/mol.